The molecule has 0 amide bonds. The minimum atomic E-state index is 0.241. The van der Waals surface area contributed by atoms with Crippen molar-refractivity contribution in [1.29, 1.82) is 5.26 Å². The summed E-state index contributed by atoms with van der Waals surface area (Å²) in [6.45, 7) is 10.2. The molecule has 0 radical (unpaired) electrons. The van der Waals surface area contributed by atoms with Gasteiger partial charge in [-0.15, -0.1) is 0 Å². The summed E-state index contributed by atoms with van der Waals surface area (Å²) in [6, 6.07) is 3.01. The van der Waals surface area contributed by atoms with E-state index < -0.39 is 0 Å². The zero-order chi connectivity index (χ0) is 13.8. The van der Waals surface area contributed by atoms with Crippen LogP contribution in [0.3, 0.4) is 0 Å². The van der Waals surface area contributed by atoms with Gasteiger partial charge in [-0.1, -0.05) is 40.5 Å². The molecule has 0 heterocycles. The largest absolute Gasteiger partial charge is 0.302 e. The molecule has 0 aromatic rings. The first-order valence-corrected chi connectivity index (χ1v) is 7.47. The zero-order valence-corrected chi connectivity index (χ0v) is 12.9. The van der Waals surface area contributed by atoms with Crippen LogP contribution in [0, 0.1) is 28.6 Å². The predicted octanol–water partition coefficient (Wildman–Crippen LogP) is 4.07. The lowest BCUT2D eigenvalue weighted by molar-refractivity contribution is 0.0916. The van der Waals surface area contributed by atoms with E-state index in [2.05, 4.69) is 45.7 Å². The van der Waals surface area contributed by atoms with Gasteiger partial charge in [-0.25, -0.2) is 0 Å². The van der Waals surface area contributed by atoms with Crippen LogP contribution in [0.1, 0.15) is 59.8 Å². The lowest BCUT2D eigenvalue weighted by Crippen LogP contribution is -2.45. The number of rotatable bonds is 4. The van der Waals surface area contributed by atoms with Gasteiger partial charge in [0.15, 0.2) is 0 Å². The normalized spacial score (nSPS) is 29.3. The monoisotopic (exact) mass is 250 g/mol. The van der Waals surface area contributed by atoms with Gasteiger partial charge >= 0.3 is 0 Å². The molecule has 104 valence electrons. The lowest BCUT2D eigenvalue weighted by Gasteiger charge is -2.40. The highest BCUT2D eigenvalue weighted by Gasteiger charge is 2.33. The van der Waals surface area contributed by atoms with Gasteiger partial charge in [0.25, 0.3) is 0 Å². The summed E-state index contributed by atoms with van der Waals surface area (Å²) in [4.78, 5) is 2.44. The molecule has 0 aliphatic heterocycles. The molecule has 0 N–H and O–H groups in total. The van der Waals surface area contributed by atoms with Crippen molar-refractivity contribution in [3.8, 4) is 6.07 Å². The van der Waals surface area contributed by atoms with Crippen molar-refractivity contribution < 1.29 is 0 Å². The third kappa shape index (κ3) is 4.61. The Balaban J connectivity index is 2.65. The summed E-state index contributed by atoms with van der Waals surface area (Å²) in [5, 5.41) is 9.35. The third-order valence-corrected chi connectivity index (χ3v) is 4.08. The molecule has 1 saturated carbocycles. The Labute approximate surface area is 113 Å². The van der Waals surface area contributed by atoms with Crippen LogP contribution in [0.15, 0.2) is 0 Å². The van der Waals surface area contributed by atoms with E-state index in [1.165, 1.54) is 25.7 Å². The van der Waals surface area contributed by atoms with Crippen LogP contribution in [0.4, 0.5) is 0 Å². The van der Waals surface area contributed by atoms with Crippen molar-refractivity contribution in [2.24, 2.45) is 17.3 Å². The zero-order valence-electron chi connectivity index (χ0n) is 12.9. The summed E-state index contributed by atoms with van der Waals surface area (Å²) < 4.78 is 0. The van der Waals surface area contributed by atoms with E-state index in [1.54, 1.807) is 0 Å². The van der Waals surface area contributed by atoms with Gasteiger partial charge in [-0.05, 0) is 37.6 Å². The molecular formula is C16H30N2. The molecule has 1 rings (SSSR count). The van der Waals surface area contributed by atoms with Crippen molar-refractivity contribution in [3.05, 3.63) is 0 Å². The summed E-state index contributed by atoms with van der Waals surface area (Å²) in [5.41, 5.74) is 0.312. The smallest absolute Gasteiger partial charge is 0.0672 e. The van der Waals surface area contributed by atoms with Gasteiger partial charge in [-0.2, -0.15) is 5.26 Å². The van der Waals surface area contributed by atoms with Crippen LogP contribution in [0.25, 0.3) is 0 Å². The van der Waals surface area contributed by atoms with Crippen molar-refractivity contribution in [3.63, 3.8) is 0 Å². The molecule has 3 unspecified atom stereocenters. The van der Waals surface area contributed by atoms with Gasteiger partial charge in [0.1, 0.15) is 0 Å². The molecule has 0 spiro atoms. The second-order valence-corrected chi connectivity index (χ2v) is 7.25. The molecule has 1 aliphatic rings. The van der Waals surface area contributed by atoms with Crippen molar-refractivity contribution in [1.82, 2.24) is 4.90 Å². The highest BCUT2D eigenvalue weighted by Crippen LogP contribution is 2.35. The van der Waals surface area contributed by atoms with Gasteiger partial charge in [0.2, 0.25) is 0 Å². The van der Waals surface area contributed by atoms with E-state index in [1.807, 2.05) is 0 Å². The Hall–Kier alpha value is -0.550. The molecule has 0 saturated heterocycles. The second kappa shape index (κ2) is 6.57. The first-order valence-electron chi connectivity index (χ1n) is 7.47. The average Bonchev–Trinajstić information content (AvgIpc) is 2.27. The number of nitriles is 1. The minimum Gasteiger partial charge on any atom is -0.302 e. The van der Waals surface area contributed by atoms with Crippen LogP contribution in [-0.4, -0.2) is 24.5 Å². The summed E-state index contributed by atoms with van der Waals surface area (Å²) >= 11 is 0. The van der Waals surface area contributed by atoms with Crippen LogP contribution >= 0.6 is 0 Å². The highest BCUT2D eigenvalue weighted by molar-refractivity contribution is 4.97. The Morgan fingerprint density at radius 1 is 1.28 bits per heavy atom. The topological polar surface area (TPSA) is 27.0 Å². The SMILES string of the molecule is CCCC1CCC(C#N)C(N(C)CC(C)(C)C)C1. The fourth-order valence-electron chi connectivity index (χ4n) is 3.40. The standard InChI is InChI=1S/C16H30N2/c1-6-7-13-8-9-14(11-17)15(10-13)18(5)12-16(2,3)4/h13-15H,6-10,12H2,1-5H3. The van der Waals surface area contributed by atoms with Crippen LogP contribution in [0.2, 0.25) is 0 Å². The van der Waals surface area contributed by atoms with E-state index in [9.17, 15) is 5.26 Å². The van der Waals surface area contributed by atoms with Gasteiger partial charge in [0.05, 0.1) is 12.0 Å². The number of hydrogen-bond acceptors (Lipinski definition) is 2. The second-order valence-electron chi connectivity index (χ2n) is 7.25. The molecule has 2 heteroatoms. The van der Waals surface area contributed by atoms with E-state index in [4.69, 9.17) is 0 Å². The molecule has 3 atom stereocenters. The first kappa shape index (κ1) is 15.5. The average molecular weight is 250 g/mol. The number of nitrogens with zero attached hydrogens (tertiary/aromatic N) is 2. The van der Waals surface area contributed by atoms with Crippen molar-refractivity contribution in [2.75, 3.05) is 13.6 Å². The molecule has 1 aliphatic carbocycles. The van der Waals surface area contributed by atoms with Gasteiger partial charge in [-0.3, -0.25) is 0 Å². The molecule has 0 aromatic heterocycles. The Bertz CT molecular complexity index is 284. The summed E-state index contributed by atoms with van der Waals surface area (Å²) in [6.07, 6.45) is 6.18. The van der Waals surface area contributed by atoms with E-state index in [0.717, 1.165) is 18.9 Å². The maximum absolute atomic E-state index is 9.35. The Kier molecular flexibility index (Phi) is 5.66. The van der Waals surface area contributed by atoms with Gasteiger partial charge < -0.3 is 4.90 Å². The van der Waals surface area contributed by atoms with Crippen LogP contribution in [0.5, 0.6) is 0 Å². The Morgan fingerprint density at radius 3 is 2.44 bits per heavy atom. The quantitative estimate of drug-likeness (QED) is 0.752. The molecule has 0 bridgehead atoms. The fourth-order valence-corrected chi connectivity index (χ4v) is 3.40. The third-order valence-electron chi connectivity index (χ3n) is 4.08. The summed E-state index contributed by atoms with van der Waals surface area (Å²) in [5.74, 6) is 1.08. The van der Waals surface area contributed by atoms with Crippen LogP contribution in [-0.2, 0) is 0 Å². The van der Waals surface area contributed by atoms with E-state index in [0.29, 0.717) is 11.5 Å². The molecule has 18 heavy (non-hydrogen) atoms. The molecule has 2 nitrogen and oxygen atoms in total. The van der Waals surface area contributed by atoms with E-state index in [-0.39, 0.29) is 5.92 Å². The van der Waals surface area contributed by atoms with E-state index >= 15 is 0 Å². The molecule has 0 aromatic carbocycles. The highest BCUT2D eigenvalue weighted by atomic mass is 15.1. The Morgan fingerprint density at radius 2 is 1.94 bits per heavy atom. The number of hydrogen-bond donors (Lipinski definition) is 0. The van der Waals surface area contributed by atoms with Crippen molar-refractivity contribution >= 4 is 0 Å². The summed E-state index contributed by atoms with van der Waals surface area (Å²) in [7, 11) is 2.20. The maximum Gasteiger partial charge on any atom is 0.0672 e. The fraction of sp³-hybridized carbons (Fsp3) is 0.938. The predicted molar refractivity (Wildman–Crippen MR) is 77.2 cm³/mol. The molecule has 1 fully saturated rings. The minimum absolute atomic E-state index is 0.241. The van der Waals surface area contributed by atoms with Crippen molar-refractivity contribution in [2.45, 2.75) is 65.8 Å². The first-order chi connectivity index (χ1) is 8.37. The molecular weight excluding hydrogens is 220 g/mol. The lowest BCUT2D eigenvalue weighted by atomic mass is 9.76. The van der Waals surface area contributed by atoms with Gasteiger partial charge in [0, 0.05) is 12.6 Å². The maximum atomic E-state index is 9.35. The van der Waals surface area contributed by atoms with Crippen LogP contribution < -0.4 is 0 Å².